The molecule has 0 radical (unpaired) electrons. The zero-order valence-electron chi connectivity index (χ0n) is 13.8. The molecule has 1 aromatic heterocycles. The quantitative estimate of drug-likeness (QED) is 0.891. The Morgan fingerprint density at radius 2 is 2.25 bits per heavy atom. The zero-order valence-corrected chi connectivity index (χ0v) is 14.6. The van der Waals surface area contributed by atoms with Crippen LogP contribution in [0, 0.1) is 0 Å². The van der Waals surface area contributed by atoms with Crippen molar-refractivity contribution in [1.29, 1.82) is 0 Å². The van der Waals surface area contributed by atoms with Gasteiger partial charge in [-0.1, -0.05) is 12.1 Å². The molecule has 5 nitrogen and oxygen atoms in total. The van der Waals surface area contributed by atoms with Crippen LogP contribution in [0.3, 0.4) is 0 Å². The lowest BCUT2D eigenvalue weighted by Crippen LogP contribution is -2.50. The van der Waals surface area contributed by atoms with Crippen LogP contribution in [0.5, 0.6) is 5.75 Å². The maximum atomic E-state index is 12.6. The van der Waals surface area contributed by atoms with Gasteiger partial charge >= 0.3 is 6.03 Å². The first-order valence-corrected chi connectivity index (χ1v) is 8.99. The summed E-state index contributed by atoms with van der Waals surface area (Å²) < 4.78 is 5.97. The van der Waals surface area contributed by atoms with Gasteiger partial charge in [0.15, 0.2) is 0 Å². The van der Waals surface area contributed by atoms with E-state index in [1.54, 1.807) is 34.4 Å². The largest absolute Gasteiger partial charge is 0.508 e. The number of benzene rings is 1. The number of carbonyl (C=O) groups is 1. The molecule has 128 valence electrons. The third-order valence-corrected chi connectivity index (χ3v) is 4.87. The van der Waals surface area contributed by atoms with Crippen molar-refractivity contribution in [3.8, 4) is 5.75 Å². The van der Waals surface area contributed by atoms with Crippen molar-refractivity contribution < 1.29 is 14.6 Å². The predicted octanol–water partition coefficient (Wildman–Crippen LogP) is 3.69. The van der Waals surface area contributed by atoms with Gasteiger partial charge in [0.1, 0.15) is 11.9 Å². The molecule has 2 aromatic rings. The fourth-order valence-electron chi connectivity index (χ4n) is 2.91. The smallest absolute Gasteiger partial charge is 0.318 e. The Bertz CT molecular complexity index is 689. The van der Waals surface area contributed by atoms with Gasteiger partial charge in [0.25, 0.3) is 0 Å². The van der Waals surface area contributed by atoms with Crippen LogP contribution in [0.25, 0.3) is 0 Å². The van der Waals surface area contributed by atoms with Gasteiger partial charge in [-0.3, -0.25) is 0 Å². The number of nitrogens with zero attached hydrogens (tertiary/aromatic N) is 1. The molecule has 6 heteroatoms. The summed E-state index contributed by atoms with van der Waals surface area (Å²) in [7, 11) is 0. The molecule has 24 heavy (non-hydrogen) atoms. The van der Waals surface area contributed by atoms with Gasteiger partial charge in [0, 0.05) is 6.54 Å². The van der Waals surface area contributed by atoms with Crippen molar-refractivity contribution in [2.24, 2.45) is 0 Å². The number of thiophene rings is 1. The van der Waals surface area contributed by atoms with Gasteiger partial charge in [-0.2, -0.15) is 11.3 Å². The highest BCUT2D eigenvalue weighted by Crippen LogP contribution is 2.27. The SMILES string of the molecule is CC1CN(C(=O)N[C@@H](C)c2cccc(O)c2)CC(c2ccsc2)O1. The van der Waals surface area contributed by atoms with Gasteiger partial charge in [-0.15, -0.1) is 0 Å². The number of rotatable bonds is 3. The highest BCUT2D eigenvalue weighted by atomic mass is 32.1. The molecule has 1 aliphatic rings. The number of ether oxygens (including phenoxy) is 1. The number of amides is 2. The van der Waals surface area contributed by atoms with Gasteiger partial charge in [0.2, 0.25) is 0 Å². The van der Waals surface area contributed by atoms with Crippen molar-refractivity contribution in [3.05, 3.63) is 52.2 Å². The minimum atomic E-state index is -0.178. The molecule has 3 atom stereocenters. The molecule has 1 saturated heterocycles. The monoisotopic (exact) mass is 346 g/mol. The number of nitrogens with one attached hydrogen (secondary N) is 1. The first-order valence-electron chi connectivity index (χ1n) is 8.05. The minimum Gasteiger partial charge on any atom is -0.508 e. The third-order valence-electron chi connectivity index (χ3n) is 4.17. The number of aromatic hydroxyl groups is 1. The van der Waals surface area contributed by atoms with E-state index in [4.69, 9.17) is 4.74 Å². The first kappa shape index (κ1) is 16.8. The number of phenolic OH excluding ortho intramolecular Hbond substituents is 1. The summed E-state index contributed by atoms with van der Waals surface area (Å²) in [5.74, 6) is 0.200. The van der Waals surface area contributed by atoms with Crippen molar-refractivity contribution in [3.63, 3.8) is 0 Å². The fraction of sp³-hybridized carbons (Fsp3) is 0.389. The van der Waals surface area contributed by atoms with Crippen LogP contribution >= 0.6 is 11.3 Å². The van der Waals surface area contributed by atoms with Crippen LogP contribution < -0.4 is 5.32 Å². The number of phenols is 1. The molecule has 2 heterocycles. The lowest BCUT2D eigenvalue weighted by Gasteiger charge is -2.37. The molecular formula is C18H22N2O3S. The van der Waals surface area contributed by atoms with E-state index in [0.717, 1.165) is 11.1 Å². The highest BCUT2D eigenvalue weighted by Gasteiger charge is 2.30. The van der Waals surface area contributed by atoms with Crippen LogP contribution in [0.4, 0.5) is 4.79 Å². The number of morpholine rings is 1. The van der Waals surface area contributed by atoms with E-state index in [0.29, 0.717) is 13.1 Å². The lowest BCUT2D eigenvalue weighted by molar-refractivity contribution is -0.0657. The summed E-state index contributed by atoms with van der Waals surface area (Å²) in [6.07, 6.45) is -0.0905. The number of carbonyl (C=O) groups excluding carboxylic acids is 1. The zero-order chi connectivity index (χ0) is 17.1. The van der Waals surface area contributed by atoms with Crippen LogP contribution in [-0.4, -0.2) is 35.2 Å². The fourth-order valence-corrected chi connectivity index (χ4v) is 3.62. The molecule has 1 aromatic carbocycles. The van der Waals surface area contributed by atoms with E-state index >= 15 is 0 Å². The second-order valence-corrected chi connectivity index (χ2v) is 6.94. The molecule has 2 unspecified atom stereocenters. The first-order chi connectivity index (χ1) is 11.5. The van der Waals surface area contributed by atoms with Crippen LogP contribution in [-0.2, 0) is 4.74 Å². The molecule has 1 fully saturated rings. The second-order valence-electron chi connectivity index (χ2n) is 6.16. The normalized spacial score (nSPS) is 22.2. The Labute approximate surface area is 145 Å². The second kappa shape index (κ2) is 7.23. The summed E-state index contributed by atoms with van der Waals surface area (Å²) in [4.78, 5) is 14.4. The average molecular weight is 346 g/mol. The Kier molecular flexibility index (Phi) is 5.06. The molecule has 0 spiro atoms. The summed E-state index contributed by atoms with van der Waals surface area (Å²) in [6.45, 7) is 5.00. The van der Waals surface area contributed by atoms with Crippen molar-refractivity contribution >= 4 is 17.4 Å². The van der Waals surface area contributed by atoms with E-state index in [9.17, 15) is 9.90 Å². The average Bonchev–Trinajstić information content (AvgIpc) is 3.08. The number of hydrogen-bond donors (Lipinski definition) is 2. The van der Waals surface area contributed by atoms with Crippen molar-refractivity contribution in [1.82, 2.24) is 10.2 Å². The predicted molar refractivity (Wildman–Crippen MR) is 94.2 cm³/mol. The molecule has 0 bridgehead atoms. The number of hydrogen-bond acceptors (Lipinski definition) is 4. The molecule has 3 rings (SSSR count). The van der Waals surface area contributed by atoms with Crippen molar-refractivity contribution in [2.45, 2.75) is 32.1 Å². The molecule has 0 saturated carbocycles. The lowest BCUT2D eigenvalue weighted by atomic mass is 10.1. The molecule has 2 amide bonds. The van der Waals surface area contributed by atoms with E-state index in [1.807, 2.05) is 31.4 Å². The highest BCUT2D eigenvalue weighted by molar-refractivity contribution is 7.07. The van der Waals surface area contributed by atoms with Gasteiger partial charge in [-0.25, -0.2) is 4.79 Å². The van der Waals surface area contributed by atoms with E-state index in [1.165, 1.54) is 0 Å². The van der Waals surface area contributed by atoms with E-state index < -0.39 is 0 Å². The maximum absolute atomic E-state index is 12.6. The Hall–Kier alpha value is -2.05. The Morgan fingerprint density at radius 3 is 2.96 bits per heavy atom. The molecule has 2 N–H and O–H groups in total. The topological polar surface area (TPSA) is 61.8 Å². The minimum absolute atomic E-state index is 0.00882. The summed E-state index contributed by atoms with van der Waals surface area (Å²) >= 11 is 1.63. The van der Waals surface area contributed by atoms with Crippen molar-refractivity contribution in [2.75, 3.05) is 13.1 Å². The summed E-state index contributed by atoms with van der Waals surface area (Å²) in [5.41, 5.74) is 1.99. The molecule has 0 aliphatic carbocycles. The molecule has 1 aliphatic heterocycles. The molecular weight excluding hydrogens is 324 g/mol. The van der Waals surface area contributed by atoms with E-state index in [-0.39, 0.29) is 30.0 Å². The Morgan fingerprint density at radius 1 is 1.42 bits per heavy atom. The standard InChI is InChI=1S/C18H22N2O3S/c1-12-9-20(10-17(23-12)15-6-7-24-11-15)18(22)19-13(2)14-4-3-5-16(21)8-14/h3-8,11-13,17,21H,9-10H2,1-2H3,(H,19,22)/t12?,13-,17?/m0/s1. The van der Waals surface area contributed by atoms with Crippen LogP contribution in [0.1, 0.15) is 37.1 Å². The summed E-state index contributed by atoms with van der Waals surface area (Å²) in [6, 6.07) is 8.70. The van der Waals surface area contributed by atoms with E-state index in [2.05, 4.69) is 10.7 Å². The van der Waals surface area contributed by atoms with Gasteiger partial charge in [0.05, 0.1) is 18.7 Å². The third kappa shape index (κ3) is 3.88. The maximum Gasteiger partial charge on any atom is 0.318 e. The number of urea groups is 1. The Balaban J connectivity index is 1.65. The van der Waals surface area contributed by atoms with Gasteiger partial charge < -0.3 is 20.1 Å². The van der Waals surface area contributed by atoms with Crippen LogP contribution in [0.2, 0.25) is 0 Å². The van der Waals surface area contributed by atoms with Crippen LogP contribution in [0.15, 0.2) is 41.1 Å². The summed E-state index contributed by atoms with van der Waals surface area (Å²) in [5, 5.41) is 16.7. The van der Waals surface area contributed by atoms with Gasteiger partial charge in [-0.05, 0) is 53.9 Å².